The number of H-pyrrole nitrogens is 1. The molecular formula is C11H18N4O. The highest BCUT2D eigenvalue weighted by Crippen LogP contribution is 2.14. The molecule has 1 aliphatic heterocycles. The lowest BCUT2D eigenvalue weighted by Crippen LogP contribution is -2.44. The van der Waals surface area contributed by atoms with Gasteiger partial charge in [-0.15, -0.1) is 0 Å². The Kier molecular flexibility index (Phi) is 3.24. The monoisotopic (exact) mass is 222 g/mol. The second-order valence-corrected chi connectivity index (χ2v) is 4.31. The van der Waals surface area contributed by atoms with Gasteiger partial charge in [0.25, 0.3) is 5.91 Å². The maximum absolute atomic E-state index is 12.2. The number of nitrogens with one attached hydrogen (secondary N) is 2. The van der Waals surface area contributed by atoms with Crippen LogP contribution in [0.25, 0.3) is 0 Å². The van der Waals surface area contributed by atoms with Gasteiger partial charge in [-0.3, -0.25) is 9.89 Å². The van der Waals surface area contributed by atoms with Gasteiger partial charge in [0.1, 0.15) is 0 Å². The van der Waals surface area contributed by atoms with Crippen LogP contribution in [0, 0.1) is 6.92 Å². The normalized spacial score (nSPS) is 17.4. The lowest BCUT2D eigenvalue weighted by Gasteiger charge is -2.31. The first-order chi connectivity index (χ1) is 7.70. The molecule has 0 atom stereocenters. The van der Waals surface area contributed by atoms with Crippen molar-refractivity contribution in [1.82, 2.24) is 20.4 Å². The van der Waals surface area contributed by atoms with E-state index in [1.807, 2.05) is 18.9 Å². The molecule has 0 radical (unpaired) electrons. The summed E-state index contributed by atoms with van der Waals surface area (Å²) in [6.07, 6.45) is 3.66. The summed E-state index contributed by atoms with van der Waals surface area (Å²) < 4.78 is 0. The van der Waals surface area contributed by atoms with E-state index in [-0.39, 0.29) is 5.91 Å². The van der Waals surface area contributed by atoms with Crippen LogP contribution in [-0.4, -0.2) is 47.2 Å². The van der Waals surface area contributed by atoms with Crippen LogP contribution in [0.15, 0.2) is 6.20 Å². The fourth-order valence-corrected chi connectivity index (χ4v) is 2.12. The van der Waals surface area contributed by atoms with Gasteiger partial charge in [-0.25, -0.2) is 0 Å². The van der Waals surface area contributed by atoms with Gasteiger partial charge in [-0.05, 0) is 32.9 Å². The van der Waals surface area contributed by atoms with Crippen LogP contribution < -0.4 is 5.32 Å². The zero-order valence-electron chi connectivity index (χ0n) is 9.79. The third kappa shape index (κ3) is 2.09. The van der Waals surface area contributed by atoms with Crippen molar-refractivity contribution >= 4 is 5.91 Å². The Morgan fingerprint density at radius 2 is 2.19 bits per heavy atom. The lowest BCUT2D eigenvalue weighted by molar-refractivity contribution is 0.0702. The first kappa shape index (κ1) is 11.1. The SMILES string of the molecule is Cc1[nH]ncc1C(=O)N(C)C1CCNCC1. The maximum Gasteiger partial charge on any atom is 0.257 e. The van der Waals surface area contributed by atoms with E-state index >= 15 is 0 Å². The van der Waals surface area contributed by atoms with E-state index in [0.29, 0.717) is 11.6 Å². The average Bonchev–Trinajstić information content (AvgIpc) is 2.75. The van der Waals surface area contributed by atoms with Gasteiger partial charge in [0.2, 0.25) is 0 Å². The van der Waals surface area contributed by atoms with E-state index in [1.165, 1.54) is 0 Å². The fourth-order valence-electron chi connectivity index (χ4n) is 2.12. The molecule has 1 amide bonds. The number of nitrogens with zero attached hydrogens (tertiary/aromatic N) is 2. The van der Waals surface area contributed by atoms with Crippen molar-refractivity contribution < 1.29 is 4.79 Å². The van der Waals surface area contributed by atoms with Gasteiger partial charge in [-0.2, -0.15) is 5.10 Å². The van der Waals surface area contributed by atoms with Gasteiger partial charge in [0, 0.05) is 18.8 Å². The summed E-state index contributed by atoms with van der Waals surface area (Å²) in [5.41, 5.74) is 1.52. The van der Waals surface area contributed by atoms with E-state index in [0.717, 1.165) is 31.6 Å². The van der Waals surface area contributed by atoms with Crippen LogP contribution in [-0.2, 0) is 0 Å². The number of aromatic nitrogens is 2. The molecule has 0 aliphatic carbocycles. The molecule has 1 saturated heterocycles. The Bertz CT molecular complexity index is 368. The van der Waals surface area contributed by atoms with Crippen molar-refractivity contribution in [3.8, 4) is 0 Å². The van der Waals surface area contributed by atoms with Crippen molar-refractivity contribution in [2.45, 2.75) is 25.8 Å². The van der Waals surface area contributed by atoms with E-state index < -0.39 is 0 Å². The second-order valence-electron chi connectivity index (χ2n) is 4.31. The number of amides is 1. The summed E-state index contributed by atoms with van der Waals surface area (Å²) in [6, 6.07) is 0.350. The zero-order chi connectivity index (χ0) is 11.5. The standard InChI is InChI=1S/C11H18N4O/c1-8-10(7-13-14-8)11(16)15(2)9-3-5-12-6-4-9/h7,9,12H,3-6H2,1-2H3,(H,13,14). The van der Waals surface area contributed by atoms with Crippen molar-refractivity contribution in [2.75, 3.05) is 20.1 Å². The molecule has 88 valence electrons. The Balaban J connectivity index is 2.06. The Morgan fingerprint density at radius 3 is 2.75 bits per heavy atom. The maximum atomic E-state index is 12.2. The Morgan fingerprint density at radius 1 is 1.50 bits per heavy atom. The number of carbonyl (C=O) groups excluding carboxylic acids is 1. The van der Waals surface area contributed by atoms with Crippen LogP contribution in [0.5, 0.6) is 0 Å². The number of carbonyl (C=O) groups is 1. The molecule has 0 spiro atoms. The molecule has 2 rings (SSSR count). The fraction of sp³-hybridized carbons (Fsp3) is 0.636. The van der Waals surface area contributed by atoms with Crippen LogP contribution in [0.1, 0.15) is 28.9 Å². The molecular weight excluding hydrogens is 204 g/mol. The molecule has 1 aromatic rings. The minimum Gasteiger partial charge on any atom is -0.339 e. The molecule has 0 bridgehead atoms. The first-order valence-electron chi connectivity index (χ1n) is 5.68. The molecule has 16 heavy (non-hydrogen) atoms. The summed E-state index contributed by atoms with van der Waals surface area (Å²) in [5, 5.41) is 9.98. The summed E-state index contributed by atoms with van der Waals surface area (Å²) in [7, 11) is 1.88. The van der Waals surface area contributed by atoms with Gasteiger partial charge in [0.15, 0.2) is 0 Å². The van der Waals surface area contributed by atoms with Crippen LogP contribution in [0.4, 0.5) is 0 Å². The van der Waals surface area contributed by atoms with Gasteiger partial charge < -0.3 is 10.2 Å². The summed E-state index contributed by atoms with van der Waals surface area (Å²) in [6.45, 7) is 3.86. The minimum atomic E-state index is 0.0677. The average molecular weight is 222 g/mol. The second kappa shape index (κ2) is 4.65. The van der Waals surface area contributed by atoms with Gasteiger partial charge >= 0.3 is 0 Å². The molecule has 5 nitrogen and oxygen atoms in total. The molecule has 0 aromatic carbocycles. The first-order valence-corrected chi connectivity index (χ1v) is 5.68. The van der Waals surface area contributed by atoms with Crippen molar-refractivity contribution in [3.63, 3.8) is 0 Å². The number of aromatic amines is 1. The van der Waals surface area contributed by atoms with E-state index in [9.17, 15) is 4.79 Å². The molecule has 1 fully saturated rings. The van der Waals surface area contributed by atoms with Crippen molar-refractivity contribution in [2.24, 2.45) is 0 Å². The van der Waals surface area contributed by atoms with E-state index in [1.54, 1.807) is 6.20 Å². The molecule has 0 unspecified atom stereocenters. The van der Waals surface area contributed by atoms with Gasteiger partial charge in [-0.1, -0.05) is 0 Å². The quantitative estimate of drug-likeness (QED) is 0.768. The van der Waals surface area contributed by atoms with Crippen molar-refractivity contribution in [3.05, 3.63) is 17.5 Å². The summed E-state index contributed by atoms with van der Waals surface area (Å²) >= 11 is 0. The van der Waals surface area contributed by atoms with E-state index in [2.05, 4.69) is 15.5 Å². The molecule has 2 N–H and O–H groups in total. The minimum absolute atomic E-state index is 0.0677. The number of hydrogen-bond donors (Lipinski definition) is 2. The third-order valence-electron chi connectivity index (χ3n) is 3.24. The Labute approximate surface area is 95.2 Å². The number of piperidine rings is 1. The third-order valence-corrected chi connectivity index (χ3v) is 3.24. The zero-order valence-corrected chi connectivity index (χ0v) is 9.79. The molecule has 1 aliphatic rings. The molecule has 0 saturated carbocycles. The number of aryl methyl sites for hydroxylation is 1. The highest BCUT2D eigenvalue weighted by Gasteiger charge is 2.24. The molecule has 5 heteroatoms. The van der Waals surface area contributed by atoms with Crippen LogP contribution in [0.3, 0.4) is 0 Å². The predicted molar refractivity (Wildman–Crippen MR) is 61.3 cm³/mol. The largest absolute Gasteiger partial charge is 0.339 e. The predicted octanol–water partition coefficient (Wildman–Crippen LogP) is 0.542. The summed E-state index contributed by atoms with van der Waals surface area (Å²) in [4.78, 5) is 14.0. The molecule has 2 heterocycles. The Hall–Kier alpha value is -1.36. The highest BCUT2D eigenvalue weighted by molar-refractivity contribution is 5.95. The van der Waals surface area contributed by atoms with E-state index in [4.69, 9.17) is 0 Å². The highest BCUT2D eigenvalue weighted by atomic mass is 16.2. The van der Waals surface area contributed by atoms with Crippen LogP contribution in [0.2, 0.25) is 0 Å². The van der Waals surface area contributed by atoms with Crippen molar-refractivity contribution in [1.29, 1.82) is 0 Å². The van der Waals surface area contributed by atoms with Gasteiger partial charge in [0.05, 0.1) is 11.8 Å². The lowest BCUT2D eigenvalue weighted by atomic mass is 10.0. The number of rotatable bonds is 2. The molecule has 1 aromatic heterocycles. The number of hydrogen-bond acceptors (Lipinski definition) is 3. The summed E-state index contributed by atoms with van der Waals surface area (Å²) in [5.74, 6) is 0.0677. The smallest absolute Gasteiger partial charge is 0.257 e. The van der Waals surface area contributed by atoms with Crippen LogP contribution >= 0.6 is 0 Å². The topological polar surface area (TPSA) is 61.0 Å².